The molecule has 0 bridgehead atoms. The molecule has 0 aliphatic carbocycles. The van der Waals surface area contributed by atoms with Gasteiger partial charge in [0.25, 0.3) is 0 Å². The van der Waals surface area contributed by atoms with Crippen LogP contribution in [0.3, 0.4) is 0 Å². The fourth-order valence-electron chi connectivity index (χ4n) is 2.64. The molecule has 1 unspecified atom stereocenters. The first-order valence-corrected chi connectivity index (χ1v) is 12.5. The van der Waals surface area contributed by atoms with Crippen LogP contribution in [0.2, 0.25) is 10.0 Å². The van der Waals surface area contributed by atoms with Gasteiger partial charge in [-0.3, -0.25) is 14.4 Å². The van der Waals surface area contributed by atoms with Gasteiger partial charge in [-0.05, 0) is 46.7 Å². The highest BCUT2D eigenvalue weighted by molar-refractivity contribution is 6.31. The van der Waals surface area contributed by atoms with Crippen molar-refractivity contribution in [1.82, 2.24) is 10.6 Å². The van der Waals surface area contributed by atoms with Gasteiger partial charge in [0.2, 0.25) is 12.8 Å². The summed E-state index contributed by atoms with van der Waals surface area (Å²) in [5.74, 6) is -0.527. The highest BCUT2D eigenvalue weighted by Crippen LogP contribution is 2.24. The van der Waals surface area contributed by atoms with Gasteiger partial charge in [-0.15, -0.1) is 0 Å². The van der Waals surface area contributed by atoms with Gasteiger partial charge >= 0.3 is 0 Å². The summed E-state index contributed by atoms with van der Waals surface area (Å²) < 4.78 is 13.6. The number of aliphatic hydroxyl groups is 1. The van der Waals surface area contributed by atoms with Crippen molar-refractivity contribution in [2.24, 2.45) is 5.41 Å². The summed E-state index contributed by atoms with van der Waals surface area (Å²) in [5.41, 5.74) is 2.75. The molecule has 2 aromatic rings. The Balaban J connectivity index is 0.000000765. The minimum Gasteiger partial charge on any atom is -0.389 e. The molecule has 0 spiro atoms. The lowest BCUT2D eigenvalue weighted by molar-refractivity contribution is -0.121. The number of ketones is 1. The lowest BCUT2D eigenvalue weighted by Gasteiger charge is -2.15. The van der Waals surface area contributed by atoms with E-state index in [0.29, 0.717) is 54.1 Å². The molecule has 206 valence electrons. The zero-order valence-electron chi connectivity index (χ0n) is 22.0. The van der Waals surface area contributed by atoms with Crippen molar-refractivity contribution in [1.29, 1.82) is 0 Å². The minimum atomic E-state index is -0.511. The summed E-state index contributed by atoms with van der Waals surface area (Å²) in [5, 5.41) is 16.9. The molecule has 1 atom stereocenters. The third-order valence-corrected chi connectivity index (χ3v) is 4.88. The van der Waals surface area contributed by atoms with Crippen LogP contribution >= 0.6 is 23.2 Å². The van der Waals surface area contributed by atoms with Crippen molar-refractivity contribution in [3.05, 3.63) is 63.4 Å². The lowest BCUT2D eigenvalue weighted by Crippen LogP contribution is -2.20. The summed E-state index contributed by atoms with van der Waals surface area (Å²) in [7, 11) is 0. The number of hydrogen-bond donors (Lipinski definition) is 4. The number of benzene rings is 2. The number of halogens is 3. The van der Waals surface area contributed by atoms with Crippen LogP contribution in [0, 0.1) is 11.2 Å². The van der Waals surface area contributed by atoms with Gasteiger partial charge in [0, 0.05) is 36.8 Å². The second kappa shape index (κ2) is 18.7. The van der Waals surface area contributed by atoms with Crippen molar-refractivity contribution >= 4 is 47.5 Å². The highest BCUT2D eigenvalue weighted by atomic mass is 35.5. The van der Waals surface area contributed by atoms with Crippen LogP contribution < -0.4 is 16.0 Å². The molecule has 0 fully saturated rings. The minimum absolute atomic E-state index is 0.0228. The summed E-state index contributed by atoms with van der Waals surface area (Å²) in [6.07, 6.45) is 1.27. The van der Waals surface area contributed by atoms with Crippen molar-refractivity contribution in [2.75, 3.05) is 25.0 Å². The number of amides is 2. The van der Waals surface area contributed by atoms with Crippen LogP contribution in [0.1, 0.15) is 58.1 Å². The van der Waals surface area contributed by atoms with E-state index >= 15 is 0 Å². The van der Waals surface area contributed by atoms with E-state index in [9.17, 15) is 18.8 Å². The van der Waals surface area contributed by atoms with E-state index in [-0.39, 0.29) is 23.1 Å². The molecule has 0 heterocycles. The maximum Gasteiger partial charge on any atom is 0.211 e. The van der Waals surface area contributed by atoms with Crippen LogP contribution in [-0.2, 0) is 20.9 Å². The molecule has 0 saturated heterocycles. The van der Waals surface area contributed by atoms with E-state index in [2.05, 4.69) is 50.6 Å². The molecular weight excluding hydrogens is 520 g/mol. The first kappa shape index (κ1) is 34.5. The van der Waals surface area contributed by atoms with Gasteiger partial charge in [-0.25, -0.2) is 4.39 Å². The first-order valence-electron chi connectivity index (χ1n) is 11.8. The predicted octanol–water partition coefficient (Wildman–Crippen LogP) is 5.33. The number of carbonyl (C=O) groups is 3. The average Bonchev–Trinajstić information content (AvgIpc) is 2.81. The Morgan fingerprint density at radius 1 is 1.11 bits per heavy atom. The third-order valence-electron chi connectivity index (χ3n) is 4.35. The first-order chi connectivity index (χ1) is 17.3. The molecule has 0 radical (unpaired) electrons. The highest BCUT2D eigenvalue weighted by Gasteiger charge is 2.10. The quantitative estimate of drug-likeness (QED) is 0.208. The second-order valence-corrected chi connectivity index (χ2v) is 10.6. The number of Topliss-reactive ketones (excluding diaryl/α,β-unsaturated/α-hetero) is 1. The van der Waals surface area contributed by atoms with Crippen LogP contribution in [-0.4, -0.2) is 43.4 Å². The molecule has 0 saturated carbocycles. The van der Waals surface area contributed by atoms with Crippen molar-refractivity contribution in [2.45, 2.75) is 53.5 Å². The maximum absolute atomic E-state index is 13.6. The molecule has 7 nitrogen and oxygen atoms in total. The van der Waals surface area contributed by atoms with Crippen molar-refractivity contribution < 1.29 is 23.9 Å². The number of anilines is 1. The number of aliphatic hydroxyl groups excluding tert-OH is 1. The Morgan fingerprint density at radius 3 is 2.30 bits per heavy atom. The molecule has 2 rings (SSSR count). The topological polar surface area (TPSA) is 108 Å². The molecule has 0 aliphatic heterocycles. The molecule has 0 aliphatic rings. The van der Waals surface area contributed by atoms with Gasteiger partial charge in [0.1, 0.15) is 12.4 Å². The molecule has 2 amide bonds. The van der Waals surface area contributed by atoms with Crippen LogP contribution in [0.25, 0.3) is 0 Å². The standard InChI is InChI=1S/C17H17Cl2FN2O.C5H9NO3.C5H12/c1-11(12-3-2-4-14(18)5-12)8-21-9-13-6-16(20)15(19)7-17(13)22-10-23;7-3-5(9)1-2-6-4-8;1-5(2,3)4/h2-7,10-11,21H,8-9H2,1H3,(H,22,23);4,7H,1-3H2,(H,6,8);1-4H3. The van der Waals surface area contributed by atoms with Crippen molar-refractivity contribution in [3.8, 4) is 0 Å². The van der Waals surface area contributed by atoms with Crippen LogP contribution in [0.15, 0.2) is 36.4 Å². The van der Waals surface area contributed by atoms with Gasteiger partial charge in [0.15, 0.2) is 5.78 Å². The smallest absolute Gasteiger partial charge is 0.211 e. The van der Waals surface area contributed by atoms with Gasteiger partial charge in [-0.1, -0.05) is 70.0 Å². The van der Waals surface area contributed by atoms with Crippen molar-refractivity contribution in [3.63, 3.8) is 0 Å². The Kier molecular flexibility index (Phi) is 17.4. The molecular formula is C27H38Cl2FN3O4. The maximum atomic E-state index is 13.6. The third kappa shape index (κ3) is 17.5. The Morgan fingerprint density at radius 2 is 1.76 bits per heavy atom. The Hall–Kier alpha value is -2.52. The normalized spacial score (nSPS) is 11.2. The molecule has 37 heavy (non-hydrogen) atoms. The zero-order chi connectivity index (χ0) is 28.4. The van der Waals surface area contributed by atoms with E-state index in [1.54, 1.807) is 0 Å². The molecule has 2 aromatic carbocycles. The Bertz CT molecular complexity index is 979. The molecule has 0 aromatic heterocycles. The summed E-state index contributed by atoms with van der Waals surface area (Å²) in [6.45, 7) is 11.8. The fourth-order valence-corrected chi connectivity index (χ4v) is 3.00. The van der Waals surface area contributed by atoms with Gasteiger partial charge in [0.05, 0.1) is 5.02 Å². The number of nitrogens with one attached hydrogen (secondary N) is 3. The van der Waals surface area contributed by atoms with Gasteiger partial charge < -0.3 is 21.1 Å². The fraction of sp³-hybridized carbons (Fsp3) is 0.444. The number of hydrogen-bond acceptors (Lipinski definition) is 5. The lowest BCUT2D eigenvalue weighted by atomic mass is 10.0. The second-order valence-electron chi connectivity index (χ2n) is 9.79. The molecule has 4 N–H and O–H groups in total. The number of rotatable bonds is 12. The van der Waals surface area contributed by atoms with E-state index in [4.69, 9.17) is 28.3 Å². The van der Waals surface area contributed by atoms with E-state index in [1.807, 2.05) is 24.3 Å². The SMILES string of the molecule is CC(C)(C)C.CC(CNCc1cc(F)c(Cl)cc1NC=O)c1cccc(Cl)c1.O=CNCCC(=O)CO. The summed E-state index contributed by atoms with van der Waals surface area (Å²) in [6, 6.07) is 10.4. The largest absolute Gasteiger partial charge is 0.389 e. The monoisotopic (exact) mass is 557 g/mol. The predicted molar refractivity (Wildman–Crippen MR) is 149 cm³/mol. The van der Waals surface area contributed by atoms with Crippen LogP contribution in [0.4, 0.5) is 10.1 Å². The van der Waals surface area contributed by atoms with E-state index in [0.717, 1.165) is 5.56 Å². The average molecular weight is 559 g/mol. The Labute approximate surface area is 229 Å². The van der Waals surface area contributed by atoms with E-state index in [1.165, 1.54) is 12.1 Å². The summed E-state index contributed by atoms with van der Waals surface area (Å²) >= 11 is 11.7. The molecule has 10 heteroatoms. The van der Waals surface area contributed by atoms with E-state index < -0.39 is 12.4 Å². The summed E-state index contributed by atoms with van der Waals surface area (Å²) in [4.78, 5) is 30.5. The zero-order valence-corrected chi connectivity index (χ0v) is 23.5. The number of carbonyl (C=O) groups excluding carboxylic acids is 3. The van der Waals surface area contributed by atoms with Crippen LogP contribution in [0.5, 0.6) is 0 Å². The van der Waals surface area contributed by atoms with Gasteiger partial charge in [-0.2, -0.15) is 0 Å².